The molecule has 6 heteroatoms. The molecular weight excluding hydrogens is 319 g/mol. The molecule has 0 aliphatic carbocycles. The number of piperazine rings is 1. The zero-order valence-electron chi connectivity index (χ0n) is 14.7. The summed E-state index contributed by atoms with van der Waals surface area (Å²) in [4.78, 5) is 18.7. The summed E-state index contributed by atoms with van der Waals surface area (Å²) in [7, 11) is 0. The van der Waals surface area contributed by atoms with Crippen LogP contribution in [0.2, 0.25) is 0 Å². The first kappa shape index (κ1) is 16.8. The number of amides is 1. The lowest BCUT2D eigenvalue weighted by molar-refractivity contribution is -0.123. The monoisotopic (exact) mass is 346 g/mol. The van der Waals surface area contributed by atoms with E-state index < -0.39 is 0 Å². The smallest absolute Gasteiger partial charge is 0.220 e. The van der Waals surface area contributed by atoms with E-state index in [1.165, 1.54) is 0 Å². The molecule has 0 bridgehead atoms. The summed E-state index contributed by atoms with van der Waals surface area (Å²) in [6.45, 7) is 8.45. The van der Waals surface area contributed by atoms with Gasteiger partial charge in [-0.2, -0.15) is 0 Å². The maximum Gasteiger partial charge on any atom is 0.220 e. The Bertz CT molecular complexity index is 584. The van der Waals surface area contributed by atoms with Crippen LogP contribution in [0.4, 0.5) is 10.1 Å². The van der Waals surface area contributed by atoms with Gasteiger partial charge in [-0.05, 0) is 36.6 Å². The second kappa shape index (κ2) is 7.30. The third-order valence-corrected chi connectivity index (χ3v) is 5.84. The first-order chi connectivity index (χ1) is 12.2. The number of hydrogen-bond donors (Lipinski definition) is 1. The van der Waals surface area contributed by atoms with E-state index in [1.54, 1.807) is 12.1 Å². The van der Waals surface area contributed by atoms with Crippen molar-refractivity contribution in [2.24, 2.45) is 5.92 Å². The van der Waals surface area contributed by atoms with E-state index in [9.17, 15) is 9.18 Å². The molecule has 3 saturated heterocycles. The number of piperidine rings is 1. The van der Waals surface area contributed by atoms with E-state index in [1.807, 2.05) is 12.1 Å². The van der Waals surface area contributed by atoms with Crippen molar-refractivity contribution in [3.63, 3.8) is 0 Å². The number of halogens is 1. The van der Waals surface area contributed by atoms with Crippen LogP contribution in [0.25, 0.3) is 0 Å². The van der Waals surface area contributed by atoms with Gasteiger partial charge >= 0.3 is 0 Å². The minimum Gasteiger partial charge on any atom is -0.369 e. The minimum atomic E-state index is -0.172. The number of likely N-dealkylation sites (tertiary alicyclic amines) is 1. The molecule has 4 rings (SSSR count). The molecule has 3 fully saturated rings. The van der Waals surface area contributed by atoms with Crippen molar-refractivity contribution in [3.8, 4) is 0 Å². The minimum absolute atomic E-state index is 0.172. The Morgan fingerprint density at radius 2 is 1.80 bits per heavy atom. The Morgan fingerprint density at radius 1 is 1.08 bits per heavy atom. The zero-order valence-corrected chi connectivity index (χ0v) is 14.7. The molecule has 3 aliphatic rings. The van der Waals surface area contributed by atoms with Crippen molar-refractivity contribution < 1.29 is 9.18 Å². The molecule has 0 spiro atoms. The number of hydrogen-bond acceptors (Lipinski definition) is 4. The van der Waals surface area contributed by atoms with Crippen molar-refractivity contribution in [3.05, 3.63) is 30.1 Å². The largest absolute Gasteiger partial charge is 0.369 e. The molecule has 1 aromatic rings. The fraction of sp³-hybridized carbons (Fsp3) is 0.632. The quantitative estimate of drug-likeness (QED) is 0.888. The third-order valence-electron chi connectivity index (χ3n) is 5.84. The molecule has 1 atom stereocenters. The van der Waals surface area contributed by atoms with Gasteiger partial charge in [-0.3, -0.25) is 14.6 Å². The predicted octanol–water partition coefficient (Wildman–Crippen LogP) is 1.16. The number of nitrogens with one attached hydrogen (secondary N) is 1. The standard InChI is InChI=1S/C19H27FN4O/c20-16-2-4-17(5-3-16)23-7-9-24(10-8-23)18-13-22(14-18)12-15-1-6-19(25)21-11-15/h2-5,15,18H,1,6-14H2,(H,21,25). The van der Waals surface area contributed by atoms with Gasteiger partial charge in [-0.1, -0.05) is 0 Å². The van der Waals surface area contributed by atoms with Gasteiger partial charge < -0.3 is 10.2 Å². The van der Waals surface area contributed by atoms with Gasteiger partial charge in [0.05, 0.1) is 0 Å². The van der Waals surface area contributed by atoms with Gasteiger partial charge in [-0.15, -0.1) is 0 Å². The summed E-state index contributed by atoms with van der Waals surface area (Å²) >= 11 is 0. The Labute approximate surface area is 148 Å². The fourth-order valence-corrected chi connectivity index (χ4v) is 4.22. The van der Waals surface area contributed by atoms with E-state index in [2.05, 4.69) is 20.0 Å². The van der Waals surface area contributed by atoms with Gasteiger partial charge in [0, 0.05) is 70.5 Å². The van der Waals surface area contributed by atoms with E-state index in [4.69, 9.17) is 0 Å². The summed E-state index contributed by atoms with van der Waals surface area (Å²) in [6.07, 6.45) is 1.72. The van der Waals surface area contributed by atoms with Crippen molar-refractivity contribution in [2.45, 2.75) is 18.9 Å². The zero-order chi connectivity index (χ0) is 17.2. The van der Waals surface area contributed by atoms with Crippen LogP contribution in [0.5, 0.6) is 0 Å². The third kappa shape index (κ3) is 3.96. The average Bonchev–Trinajstić information content (AvgIpc) is 2.60. The van der Waals surface area contributed by atoms with Crippen LogP contribution in [0.3, 0.4) is 0 Å². The summed E-state index contributed by atoms with van der Waals surface area (Å²) in [5.41, 5.74) is 1.12. The van der Waals surface area contributed by atoms with E-state index in [-0.39, 0.29) is 11.7 Å². The normalized spacial score (nSPS) is 26.4. The van der Waals surface area contributed by atoms with Crippen LogP contribution in [-0.2, 0) is 4.79 Å². The summed E-state index contributed by atoms with van der Waals surface area (Å²) in [6, 6.07) is 7.50. The molecule has 1 amide bonds. The van der Waals surface area contributed by atoms with Gasteiger partial charge in [0.25, 0.3) is 0 Å². The molecular formula is C19H27FN4O. The molecule has 3 aliphatic heterocycles. The number of benzene rings is 1. The molecule has 0 saturated carbocycles. The first-order valence-corrected chi connectivity index (χ1v) is 9.41. The molecule has 136 valence electrons. The Morgan fingerprint density at radius 3 is 2.44 bits per heavy atom. The predicted molar refractivity (Wildman–Crippen MR) is 96.1 cm³/mol. The highest BCUT2D eigenvalue weighted by Gasteiger charge is 2.34. The van der Waals surface area contributed by atoms with E-state index in [0.717, 1.165) is 64.5 Å². The highest BCUT2D eigenvalue weighted by molar-refractivity contribution is 5.76. The van der Waals surface area contributed by atoms with E-state index >= 15 is 0 Å². The van der Waals surface area contributed by atoms with Crippen LogP contribution in [-0.4, -0.2) is 74.1 Å². The molecule has 1 N–H and O–H groups in total. The molecule has 0 aromatic heterocycles. The van der Waals surface area contributed by atoms with Gasteiger partial charge in [0.15, 0.2) is 0 Å². The molecule has 5 nitrogen and oxygen atoms in total. The lowest BCUT2D eigenvalue weighted by Gasteiger charge is -2.49. The maximum absolute atomic E-state index is 13.0. The van der Waals surface area contributed by atoms with Crippen LogP contribution < -0.4 is 10.2 Å². The highest BCUT2D eigenvalue weighted by Crippen LogP contribution is 2.23. The highest BCUT2D eigenvalue weighted by atomic mass is 19.1. The number of carbonyl (C=O) groups is 1. The number of anilines is 1. The molecule has 0 radical (unpaired) electrons. The second-order valence-electron chi connectivity index (χ2n) is 7.58. The Kier molecular flexibility index (Phi) is 4.90. The lowest BCUT2D eigenvalue weighted by Crippen LogP contribution is -2.64. The number of carbonyl (C=O) groups excluding carboxylic acids is 1. The van der Waals surface area contributed by atoms with Crippen molar-refractivity contribution in [1.29, 1.82) is 0 Å². The number of nitrogens with zero attached hydrogens (tertiary/aromatic N) is 3. The summed E-state index contributed by atoms with van der Waals surface area (Å²) in [5, 5.41) is 2.98. The summed E-state index contributed by atoms with van der Waals surface area (Å²) < 4.78 is 13.0. The van der Waals surface area contributed by atoms with Crippen molar-refractivity contribution in [2.75, 3.05) is 57.3 Å². The molecule has 1 aromatic carbocycles. The second-order valence-corrected chi connectivity index (χ2v) is 7.58. The molecule has 1 unspecified atom stereocenters. The topological polar surface area (TPSA) is 38.8 Å². The lowest BCUT2D eigenvalue weighted by atomic mass is 9.96. The molecule has 3 heterocycles. The Balaban J connectivity index is 1.18. The van der Waals surface area contributed by atoms with Crippen LogP contribution >= 0.6 is 0 Å². The fourth-order valence-electron chi connectivity index (χ4n) is 4.22. The van der Waals surface area contributed by atoms with Crippen molar-refractivity contribution in [1.82, 2.24) is 15.1 Å². The van der Waals surface area contributed by atoms with Crippen LogP contribution in [0.15, 0.2) is 24.3 Å². The SMILES string of the molecule is O=C1CCC(CN2CC(N3CCN(c4ccc(F)cc4)CC3)C2)CN1. The van der Waals surface area contributed by atoms with Crippen molar-refractivity contribution >= 4 is 11.6 Å². The molecule has 25 heavy (non-hydrogen) atoms. The van der Waals surface area contributed by atoms with Crippen LogP contribution in [0.1, 0.15) is 12.8 Å². The van der Waals surface area contributed by atoms with Crippen LogP contribution in [0, 0.1) is 11.7 Å². The van der Waals surface area contributed by atoms with Gasteiger partial charge in [-0.25, -0.2) is 4.39 Å². The van der Waals surface area contributed by atoms with Gasteiger partial charge in [0.2, 0.25) is 5.91 Å². The number of rotatable bonds is 4. The summed E-state index contributed by atoms with van der Waals surface area (Å²) in [5.74, 6) is 0.653. The van der Waals surface area contributed by atoms with Gasteiger partial charge in [0.1, 0.15) is 5.82 Å². The first-order valence-electron chi connectivity index (χ1n) is 9.41. The average molecular weight is 346 g/mol. The van der Waals surface area contributed by atoms with E-state index in [0.29, 0.717) is 18.4 Å². The maximum atomic E-state index is 13.0. The Hall–Kier alpha value is -1.66.